The number of para-hydroxylation sites is 1. The fraction of sp³-hybridized carbons (Fsp3) is 0.282. The van der Waals surface area contributed by atoms with Crippen molar-refractivity contribution in [2.24, 2.45) is 0 Å². The molecule has 0 aliphatic heterocycles. The third-order valence-electron chi connectivity index (χ3n) is 18.2. The second-order valence-corrected chi connectivity index (χ2v) is 25.8. The largest absolute Gasteiger partial charge is 0.369 e. The smallest absolute Gasteiger partial charge is 0.254 e. The predicted octanol–water partition coefficient (Wildman–Crippen LogP) is 14.7. The summed E-state index contributed by atoms with van der Waals surface area (Å²) >= 11 is 0. The van der Waals surface area contributed by atoms with E-state index in [1.165, 1.54) is 89.7 Å². The minimum Gasteiger partial charge on any atom is -0.369 e. The number of hydrogen-bond donors (Lipinski definition) is 6. The highest BCUT2D eigenvalue weighted by atomic mass is 32.1. The summed E-state index contributed by atoms with van der Waals surface area (Å²) in [7, 11) is 4.52. The number of aromatic nitrogens is 13. The molecule has 1 fully saturated rings. The van der Waals surface area contributed by atoms with E-state index in [4.69, 9.17) is 0 Å². The normalized spacial score (nSPS) is 12.5. The van der Waals surface area contributed by atoms with Crippen molar-refractivity contribution in [1.82, 2.24) is 80.7 Å². The zero-order chi connectivity index (χ0) is 72.8. The molecule has 3 amide bonds. The quantitative estimate of drug-likeness (QED) is 0.0390. The number of pyridine rings is 5. The average Bonchev–Trinajstić information content (AvgIpc) is 0.785. The first kappa shape index (κ1) is 80.8. The molecule has 1 aliphatic carbocycles. The van der Waals surface area contributed by atoms with Crippen molar-refractivity contribution >= 4 is 108 Å². The lowest BCUT2D eigenvalue weighted by Gasteiger charge is -2.24. The lowest BCUT2D eigenvalue weighted by molar-refractivity contribution is 0.0953. The lowest BCUT2D eigenvalue weighted by atomic mass is 9.82. The summed E-state index contributed by atoms with van der Waals surface area (Å²) in [6.45, 7) is 16.0. The number of amides is 3. The summed E-state index contributed by atoms with van der Waals surface area (Å²) in [4.78, 5) is 93.9. The van der Waals surface area contributed by atoms with Crippen LogP contribution < -0.4 is 31.9 Å². The van der Waals surface area contributed by atoms with Gasteiger partial charge in [-0.2, -0.15) is 40.5 Å². The molecule has 0 radical (unpaired) electrons. The number of rotatable bonds is 21. The fourth-order valence-corrected chi connectivity index (χ4v) is 12.0. The fourth-order valence-electron chi connectivity index (χ4n) is 12.0. The Morgan fingerprint density at radius 1 is 0.434 bits per heavy atom. The molecule has 6 N–H and O–H groups in total. The number of halogens is 3. The highest BCUT2D eigenvalue weighted by molar-refractivity contribution is 7.59. The van der Waals surface area contributed by atoms with Crippen molar-refractivity contribution in [3.63, 3.8) is 0 Å². The number of nitrogens with zero attached hydrogens (tertiary/aromatic N) is 13. The summed E-state index contributed by atoms with van der Waals surface area (Å²) in [6, 6.07) is 28.6. The van der Waals surface area contributed by atoms with Gasteiger partial charge in [-0.05, 0) is 84.0 Å². The molecule has 550 valence electrons. The van der Waals surface area contributed by atoms with Crippen LogP contribution in [0.15, 0.2) is 159 Å². The first-order valence-corrected chi connectivity index (χ1v) is 34.1. The Morgan fingerprint density at radius 3 is 1.30 bits per heavy atom. The molecule has 13 rings (SSSR count). The van der Waals surface area contributed by atoms with Crippen LogP contribution in [0.2, 0.25) is 0 Å². The van der Waals surface area contributed by atoms with Gasteiger partial charge < -0.3 is 31.9 Å². The third-order valence-corrected chi connectivity index (χ3v) is 18.2. The minimum absolute atomic E-state index is 0. The molecule has 0 unspecified atom stereocenters. The maximum Gasteiger partial charge on any atom is 0.254 e. The van der Waals surface area contributed by atoms with Crippen LogP contribution in [-0.4, -0.2) is 123 Å². The summed E-state index contributed by atoms with van der Waals surface area (Å²) < 4.78 is 43.7. The molecule has 1 aliphatic rings. The van der Waals surface area contributed by atoms with Crippen LogP contribution in [0, 0.1) is 17.5 Å². The van der Waals surface area contributed by atoms with Gasteiger partial charge in [0, 0.05) is 170 Å². The second-order valence-electron chi connectivity index (χ2n) is 25.8. The van der Waals surface area contributed by atoms with E-state index >= 15 is 0 Å². The van der Waals surface area contributed by atoms with Gasteiger partial charge in [0.1, 0.15) is 53.9 Å². The van der Waals surface area contributed by atoms with Crippen molar-refractivity contribution in [1.29, 1.82) is 0 Å². The van der Waals surface area contributed by atoms with Crippen LogP contribution in [0.25, 0.3) is 66.5 Å². The molecule has 0 bridgehead atoms. The molecule has 9 aromatic heterocycles. The van der Waals surface area contributed by atoms with E-state index in [0.717, 1.165) is 68.2 Å². The van der Waals surface area contributed by atoms with Crippen LogP contribution in [0.3, 0.4) is 0 Å². The van der Waals surface area contributed by atoms with Crippen molar-refractivity contribution in [3.05, 3.63) is 227 Å². The van der Waals surface area contributed by atoms with Crippen LogP contribution >= 0.6 is 40.5 Å². The first-order valence-electron chi connectivity index (χ1n) is 34.1. The van der Waals surface area contributed by atoms with Crippen molar-refractivity contribution < 1.29 is 27.6 Å². The van der Waals surface area contributed by atoms with Crippen molar-refractivity contribution in [2.45, 2.75) is 103 Å². The number of hydrogen-bond acceptors (Lipinski definition) is 19. The standard InChI is InChI=1S/C27H27FN6O.C26H27FN6O.C25H26FN7O.3H2S/c1-16(19-7-4-8-20-25(27(35)29-2)21(28)14-32-26(19)20)12-31-24-11-23(33-15-34-24)18-9-10-22(30-13-18)17-5-3-6-17;1-15(2)21-8-5-17(13-30-21)22-11-23(33-14-32-22)31-12-16(3)18-6-7-20(27)24-19(26(34)28-4)9-10-29-25(18)24;1-14(2)24-30-11-16(12-31-24)20-9-21(33-13-32-20)29-10-15(3)17-5-6-19(26)22-18(25(34)27-4)7-8-28-23(17)22;;;/h4,7-11,13-17H,3,5-6,12H2,1-2H3,(H,29,35)(H,31,33,34);5-11,13-16H,12H2,1-4H3,(H,28,34)(H,31,32,33);5-9,11-15H,10H2,1-4H3,(H,27,34)(H,29,32,33);3*1H2/t2*16-;15-;;;/m111.../s1. The molecule has 0 saturated heterocycles. The highest BCUT2D eigenvalue weighted by Crippen LogP contribution is 2.37. The van der Waals surface area contributed by atoms with Gasteiger partial charge in [0.2, 0.25) is 0 Å². The van der Waals surface area contributed by atoms with Crippen LogP contribution in [0.5, 0.6) is 0 Å². The summed E-state index contributed by atoms with van der Waals surface area (Å²) in [5.74, 6) is 1.23. The highest BCUT2D eigenvalue weighted by Gasteiger charge is 2.24. The predicted molar refractivity (Wildman–Crippen MR) is 425 cm³/mol. The van der Waals surface area contributed by atoms with E-state index in [2.05, 4.69) is 130 Å². The van der Waals surface area contributed by atoms with Gasteiger partial charge in [0.05, 0.1) is 56.5 Å². The second kappa shape index (κ2) is 37.2. The third kappa shape index (κ3) is 18.8. The van der Waals surface area contributed by atoms with Gasteiger partial charge in [-0.3, -0.25) is 39.3 Å². The molecular formula is C78H86F3N19O3S3. The summed E-state index contributed by atoms with van der Waals surface area (Å²) in [5, 5.41) is 18.6. The lowest BCUT2D eigenvalue weighted by Crippen LogP contribution is -2.20. The minimum atomic E-state index is -0.636. The van der Waals surface area contributed by atoms with E-state index in [1.807, 2.05) is 82.6 Å². The molecular weight excluding hydrogens is 1400 g/mol. The van der Waals surface area contributed by atoms with Gasteiger partial charge in [-0.15, -0.1) is 0 Å². The topological polar surface area (TPSA) is 291 Å². The first-order chi connectivity index (χ1) is 49.8. The van der Waals surface area contributed by atoms with Crippen LogP contribution in [0.1, 0.15) is 168 Å². The average molecular weight is 1490 g/mol. The van der Waals surface area contributed by atoms with Crippen LogP contribution in [-0.2, 0) is 0 Å². The SMILES string of the molecule is CNC(=O)c1c(F)cnc2c([C@H](C)CNc3cc(-c4ccc(C5CCC5)nc4)ncn3)cccc12.CNC(=O)c1ccnc2c([C@H](C)CNc3cc(-c4ccc(C(C)C)nc4)ncn3)ccc(F)c12.CNC(=O)c1ccnc2c([C@H](C)CNc3cc(-c4cnc(C(C)C)nc4)ncn3)ccc(F)c12.S.S.S. The van der Waals surface area contributed by atoms with E-state index < -0.39 is 23.4 Å². The Hall–Kier alpha value is -10.8. The number of anilines is 3. The van der Waals surface area contributed by atoms with Crippen molar-refractivity contribution in [2.75, 3.05) is 56.7 Å². The van der Waals surface area contributed by atoms with Gasteiger partial charge in [-0.25, -0.2) is 53.0 Å². The van der Waals surface area contributed by atoms with Gasteiger partial charge in [0.15, 0.2) is 5.82 Å². The number of benzene rings is 3. The van der Waals surface area contributed by atoms with Crippen molar-refractivity contribution in [3.8, 4) is 33.8 Å². The molecule has 12 aromatic rings. The zero-order valence-electron chi connectivity index (χ0n) is 60.4. The number of nitrogens with one attached hydrogen (secondary N) is 6. The van der Waals surface area contributed by atoms with Crippen LogP contribution in [0.4, 0.5) is 30.6 Å². The molecule has 9 heterocycles. The zero-order valence-corrected chi connectivity index (χ0v) is 63.4. The molecule has 22 nitrogen and oxygen atoms in total. The molecule has 3 aromatic carbocycles. The Labute approximate surface area is 634 Å². The Kier molecular flexibility index (Phi) is 28.4. The maximum absolute atomic E-state index is 14.7. The molecule has 106 heavy (non-hydrogen) atoms. The van der Waals surface area contributed by atoms with Gasteiger partial charge >= 0.3 is 0 Å². The summed E-state index contributed by atoms with van der Waals surface area (Å²) in [6.07, 6.45) is 19.7. The maximum atomic E-state index is 14.7. The molecule has 28 heteroatoms. The molecule has 3 atom stereocenters. The Balaban J connectivity index is 0.000000198. The Morgan fingerprint density at radius 2 is 0.887 bits per heavy atom. The number of carbonyl (C=O) groups is 3. The van der Waals surface area contributed by atoms with E-state index in [1.54, 1.807) is 36.9 Å². The Bertz CT molecular complexity index is 4820. The monoisotopic (exact) mass is 1490 g/mol. The van der Waals surface area contributed by atoms with Gasteiger partial charge in [0.25, 0.3) is 17.7 Å². The van der Waals surface area contributed by atoms with Gasteiger partial charge in [-0.1, -0.05) is 85.2 Å². The molecule has 0 spiro atoms. The summed E-state index contributed by atoms with van der Waals surface area (Å²) in [5.41, 5.74) is 11.9. The molecule has 1 saturated carbocycles. The number of fused-ring (bicyclic) bond motifs is 3. The van der Waals surface area contributed by atoms with E-state index in [0.29, 0.717) is 76.6 Å². The number of carbonyl (C=O) groups excluding carboxylic acids is 3. The van der Waals surface area contributed by atoms with E-state index in [-0.39, 0.29) is 103 Å². The van der Waals surface area contributed by atoms with E-state index in [9.17, 15) is 27.6 Å².